The Kier molecular flexibility index (Phi) is 6.37. The molecule has 0 saturated carbocycles. The largest absolute Gasteiger partial charge is 0.481 e. The number of esters is 1. The van der Waals surface area contributed by atoms with E-state index in [1.807, 2.05) is 25.1 Å². The molecule has 24 heavy (non-hydrogen) atoms. The third-order valence-corrected chi connectivity index (χ3v) is 3.25. The Balaban J connectivity index is 1.90. The molecular weight excluding hydrogens is 306 g/mol. The minimum atomic E-state index is -0.637. The second kappa shape index (κ2) is 8.72. The second-order valence-corrected chi connectivity index (χ2v) is 5.28. The number of hydrogen-bond acceptors (Lipinski definition) is 4. The molecule has 0 aliphatic carbocycles. The van der Waals surface area contributed by atoms with Gasteiger partial charge in [-0.15, -0.1) is 0 Å². The predicted octanol–water partition coefficient (Wildman–Crippen LogP) is 3.66. The van der Waals surface area contributed by atoms with Gasteiger partial charge in [-0.25, -0.2) is 4.79 Å². The lowest BCUT2D eigenvalue weighted by molar-refractivity contribution is -0.122. The van der Waals surface area contributed by atoms with E-state index in [1.54, 1.807) is 43.3 Å². The maximum Gasteiger partial charge on any atom is 0.338 e. The average molecular weight is 327 g/mol. The van der Waals surface area contributed by atoms with Crippen LogP contribution >= 0.6 is 0 Å². The van der Waals surface area contributed by atoms with Gasteiger partial charge >= 0.3 is 5.97 Å². The van der Waals surface area contributed by atoms with E-state index in [-0.39, 0.29) is 11.9 Å². The zero-order valence-electron chi connectivity index (χ0n) is 13.8. The molecule has 0 heterocycles. The third kappa shape index (κ3) is 5.12. The number of ether oxygens (including phenoxy) is 2. The van der Waals surface area contributed by atoms with E-state index in [0.29, 0.717) is 23.6 Å². The highest BCUT2D eigenvalue weighted by molar-refractivity contribution is 5.95. The summed E-state index contributed by atoms with van der Waals surface area (Å²) in [6.07, 6.45) is 0.140. The molecule has 1 atom stereocenters. The van der Waals surface area contributed by atoms with Crippen LogP contribution in [0.15, 0.2) is 54.6 Å². The maximum atomic E-state index is 12.1. The highest BCUT2D eigenvalue weighted by atomic mass is 16.5. The van der Waals surface area contributed by atoms with Gasteiger partial charge in [0.2, 0.25) is 0 Å². The Hall–Kier alpha value is -2.82. The molecule has 0 saturated heterocycles. The zero-order valence-corrected chi connectivity index (χ0v) is 13.8. The van der Waals surface area contributed by atoms with Gasteiger partial charge in [0.05, 0.1) is 12.2 Å². The van der Waals surface area contributed by atoms with Crippen LogP contribution in [0.1, 0.15) is 30.6 Å². The molecule has 0 spiro atoms. The minimum Gasteiger partial charge on any atom is -0.481 e. The van der Waals surface area contributed by atoms with Crippen LogP contribution in [-0.4, -0.2) is 24.6 Å². The average Bonchev–Trinajstić information content (AvgIpc) is 2.61. The molecule has 2 aromatic rings. The molecule has 0 bridgehead atoms. The van der Waals surface area contributed by atoms with Crippen LogP contribution in [-0.2, 0) is 9.53 Å². The molecule has 0 aliphatic rings. The third-order valence-electron chi connectivity index (χ3n) is 3.25. The summed E-state index contributed by atoms with van der Waals surface area (Å²) in [6, 6.07) is 15.7. The Labute approximate surface area is 141 Å². The lowest BCUT2D eigenvalue weighted by Gasteiger charge is -2.14. The second-order valence-electron chi connectivity index (χ2n) is 5.28. The van der Waals surface area contributed by atoms with Crippen molar-refractivity contribution < 1.29 is 19.1 Å². The first kappa shape index (κ1) is 17.5. The first-order chi connectivity index (χ1) is 11.6. The first-order valence-electron chi connectivity index (χ1n) is 7.90. The van der Waals surface area contributed by atoms with Gasteiger partial charge in [0.25, 0.3) is 5.91 Å². The molecule has 0 aromatic heterocycles. The molecule has 1 N–H and O–H groups in total. The number of carbonyl (C=O) groups excluding carboxylic acids is 2. The van der Waals surface area contributed by atoms with Gasteiger partial charge in [0.1, 0.15) is 5.75 Å². The predicted molar refractivity (Wildman–Crippen MR) is 92.2 cm³/mol. The van der Waals surface area contributed by atoms with E-state index in [9.17, 15) is 9.59 Å². The van der Waals surface area contributed by atoms with Crippen molar-refractivity contribution in [2.24, 2.45) is 0 Å². The van der Waals surface area contributed by atoms with Gasteiger partial charge in [0, 0.05) is 5.69 Å². The number of para-hydroxylation sites is 1. The van der Waals surface area contributed by atoms with E-state index < -0.39 is 6.10 Å². The number of benzene rings is 2. The summed E-state index contributed by atoms with van der Waals surface area (Å²) < 4.78 is 10.6. The smallest absolute Gasteiger partial charge is 0.338 e. The fourth-order valence-corrected chi connectivity index (χ4v) is 1.97. The molecule has 0 unspecified atom stereocenters. The topological polar surface area (TPSA) is 64.6 Å². The summed E-state index contributed by atoms with van der Waals surface area (Å²) in [7, 11) is 0. The van der Waals surface area contributed by atoms with Gasteiger partial charge in [-0.2, -0.15) is 0 Å². The van der Waals surface area contributed by atoms with Crippen LogP contribution in [0.25, 0.3) is 0 Å². The van der Waals surface area contributed by atoms with Gasteiger partial charge < -0.3 is 14.8 Å². The van der Waals surface area contributed by atoms with Crippen molar-refractivity contribution in [1.29, 1.82) is 0 Å². The molecule has 0 fully saturated rings. The SMILES string of the molecule is CCCOC(=O)c1ccc(NC(=O)[C@@H](C)Oc2ccccc2)cc1. The number of amides is 1. The Morgan fingerprint density at radius 2 is 1.71 bits per heavy atom. The van der Waals surface area contributed by atoms with Gasteiger partial charge in [-0.05, 0) is 49.7 Å². The Morgan fingerprint density at radius 1 is 1.04 bits per heavy atom. The van der Waals surface area contributed by atoms with E-state index in [0.717, 1.165) is 6.42 Å². The quantitative estimate of drug-likeness (QED) is 0.788. The number of anilines is 1. The highest BCUT2D eigenvalue weighted by Gasteiger charge is 2.15. The van der Waals surface area contributed by atoms with Crippen LogP contribution < -0.4 is 10.1 Å². The fourth-order valence-electron chi connectivity index (χ4n) is 1.97. The maximum absolute atomic E-state index is 12.1. The first-order valence-corrected chi connectivity index (χ1v) is 7.90. The van der Waals surface area contributed by atoms with Crippen molar-refractivity contribution in [3.63, 3.8) is 0 Å². The summed E-state index contributed by atoms with van der Waals surface area (Å²) >= 11 is 0. The number of nitrogens with one attached hydrogen (secondary N) is 1. The number of carbonyl (C=O) groups is 2. The van der Waals surface area contributed by atoms with Crippen LogP contribution in [0.2, 0.25) is 0 Å². The van der Waals surface area contributed by atoms with Crippen molar-refractivity contribution in [2.45, 2.75) is 26.4 Å². The summed E-state index contributed by atoms with van der Waals surface area (Å²) in [5.74, 6) is 0.00448. The summed E-state index contributed by atoms with van der Waals surface area (Å²) in [5, 5.41) is 2.76. The molecule has 5 heteroatoms. The lowest BCUT2D eigenvalue weighted by atomic mass is 10.2. The van der Waals surface area contributed by atoms with Crippen LogP contribution in [0.3, 0.4) is 0 Å². The highest BCUT2D eigenvalue weighted by Crippen LogP contribution is 2.14. The standard InChI is InChI=1S/C19H21NO4/c1-3-13-23-19(22)15-9-11-16(12-10-15)20-18(21)14(2)24-17-7-5-4-6-8-17/h4-12,14H,3,13H2,1-2H3,(H,20,21)/t14-/m1/s1. The van der Waals surface area contributed by atoms with Gasteiger partial charge in [-0.3, -0.25) is 4.79 Å². The van der Waals surface area contributed by atoms with E-state index in [2.05, 4.69) is 5.32 Å². The number of rotatable bonds is 7. The lowest BCUT2D eigenvalue weighted by Crippen LogP contribution is -2.30. The molecule has 0 aliphatic heterocycles. The van der Waals surface area contributed by atoms with Crippen molar-refractivity contribution in [2.75, 3.05) is 11.9 Å². The Morgan fingerprint density at radius 3 is 2.33 bits per heavy atom. The van der Waals surface area contributed by atoms with Crippen molar-refractivity contribution in [1.82, 2.24) is 0 Å². The molecule has 5 nitrogen and oxygen atoms in total. The molecule has 0 radical (unpaired) electrons. The fraction of sp³-hybridized carbons (Fsp3) is 0.263. The number of hydrogen-bond donors (Lipinski definition) is 1. The van der Waals surface area contributed by atoms with Crippen LogP contribution in [0.5, 0.6) is 5.75 Å². The molecule has 2 rings (SSSR count). The van der Waals surface area contributed by atoms with Gasteiger partial charge in [0.15, 0.2) is 6.10 Å². The normalized spacial score (nSPS) is 11.4. The van der Waals surface area contributed by atoms with Crippen LogP contribution in [0, 0.1) is 0 Å². The van der Waals surface area contributed by atoms with Crippen molar-refractivity contribution in [3.8, 4) is 5.75 Å². The minimum absolute atomic E-state index is 0.264. The van der Waals surface area contributed by atoms with Crippen LogP contribution in [0.4, 0.5) is 5.69 Å². The van der Waals surface area contributed by atoms with E-state index in [1.165, 1.54) is 0 Å². The molecular formula is C19H21NO4. The zero-order chi connectivity index (χ0) is 17.4. The van der Waals surface area contributed by atoms with Crippen molar-refractivity contribution in [3.05, 3.63) is 60.2 Å². The Bertz CT molecular complexity index is 668. The summed E-state index contributed by atoms with van der Waals surface area (Å²) in [5.41, 5.74) is 1.05. The molecule has 1 amide bonds. The molecule has 2 aromatic carbocycles. The monoisotopic (exact) mass is 327 g/mol. The summed E-state index contributed by atoms with van der Waals surface area (Å²) in [6.45, 7) is 4.01. The van der Waals surface area contributed by atoms with E-state index in [4.69, 9.17) is 9.47 Å². The summed E-state index contributed by atoms with van der Waals surface area (Å²) in [4.78, 5) is 23.9. The van der Waals surface area contributed by atoms with Gasteiger partial charge in [-0.1, -0.05) is 25.1 Å². The van der Waals surface area contributed by atoms with E-state index >= 15 is 0 Å². The van der Waals surface area contributed by atoms with Crippen molar-refractivity contribution >= 4 is 17.6 Å². The molecule has 126 valence electrons.